The second kappa shape index (κ2) is 7.04. The minimum Gasteiger partial charge on any atom is -0.497 e. The lowest BCUT2D eigenvalue weighted by Crippen LogP contribution is -2.26. The van der Waals surface area contributed by atoms with Gasteiger partial charge in [0.1, 0.15) is 22.4 Å². The predicted molar refractivity (Wildman–Crippen MR) is 103 cm³/mol. The number of amides is 1. The Bertz CT molecular complexity index is 1030. The average molecular weight is 384 g/mol. The van der Waals surface area contributed by atoms with E-state index in [1.165, 1.54) is 5.01 Å². The van der Waals surface area contributed by atoms with E-state index in [1.54, 1.807) is 19.4 Å². The lowest BCUT2D eigenvalue weighted by molar-refractivity contribution is -0.132. The monoisotopic (exact) mass is 383 g/mol. The van der Waals surface area contributed by atoms with E-state index in [9.17, 15) is 4.79 Å². The first kappa shape index (κ1) is 17.5. The summed E-state index contributed by atoms with van der Waals surface area (Å²) in [7, 11) is 1.62. The van der Waals surface area contributed by atoms with Gasteiger partial charge in [-0.3, -0.25) is 4.79 Å². The molecule has 3 aromatic rings. The summed E-state index contributed by atoms with van der Waals surface area (Å²) in [5.41, 5.74) is 2.24. The number of furan rings is 1. The highest BCUT2D eigenvalue weighted by atomic mass is 35.5. The lowest BCUT2D eigenvalue weighted by atomic mass is 10.0. The first-order valence-corrected chi connectivity index (χ1v) is 9.06. The summed E-state index contributed by atoms with van der Waals surface area (Å²) in [6.07, 6.45) is 2.45. The molecular formula is C20H18ClN3O3. The van der Waals surface area contributed by atoms with Gasteiger partial charge in [-0.2, -0.15) is 5.10 Å². The number of benzene rings is 1. The molecule has 7 heteroatoms. The number of pyridine rings is 1. The maximum absolute atomic E-state index is 12.5. The van der Waals surface area contributed by atoms with E-state index >= 15 is 0 Å². The first-order chi connectivity index (χ1) is 13.1. The number of methoxy groups -OCH3 is 1. The van der Waals surface area contributed by atoms with Crippen LogP contribution in [0.25, 0.3) is 10.9 Å². The van der Waals surface area contributed by atoms with Gasteiger partial charge >= 0.3 is 0 Å². The van der Waals surface area contributed by atoms with Crippen molar-refractivity contribution in [1.29, 1.82) is 0 Å². The van der Waals surface area contributed by atoms with Crippen molar-refractivity contribution in [2.75, 3.05) is 7.11 Å². The lowest BCUT2D eigenvalue weighted by Gasteiger charge is -2.22. The highest BCUT2D eigenvalue weighted by Gasteiger charge is 2.35. The zero-order valence-electron chi connectivity index (χ0n) is 15.0. The second-order valence-electron chi connectivity index (χ2n) is 6.26. The van der Waals surface area contributed by atoms with E-state index in [1.807, 2.05) is 37.3 Å². The fraction of sp³-hybridized carbons (Fsp3) is 0.250. The maximum atomic E-state index is 12.5. The van der Waals surface area contributed by atoms with Crippen LogP contribution in [-0.2, 0) is 4.79 Å². The normalized spacial score (nSPS) is 16.6. The van der Waals surface area contributed by atoms with Crippen LogP contribution >= 0.6 is 11.6 Å². The zero-order valence-corrected chi connectivity index (χ0v) is 15.7. The molecule has 0 radical (unpaired) electrons. The van der Waals surface area contributed by atoms with Crippen LogP contribution < -0.4 is 4.74 Å². The molecular weight excluding hydrogens is 366 g/mol. The van der Waals surface area contributed by atoms with Gasteiger partial charge < -0.3 is 9.15 Å². The fourth-order valence-corrected chi connectivity index (χ4v) is 3.52. The fourth-order valence-electron chi connectivity index (χ4n) is 3.24. The molecule has 6 nitrogen and oxygen atoms in total. The number of nitrogens with zero attached hydrogens (tertiary/aromatic N) is 3. The second-order valence-corrected chi connectivity index (χ2v) is 6.62. The summed E-state index contributed by atoms with van der Waals surface area (Å²) >= 11 is 6.49. The standard InChI is InChI=1S/C20H18ClN3O3/c1-3-19(25)24-17(11-16(23-24)18-5-4-8-27-18)14-10-12-9-13(26-2)6-7-15(12)22-20(14)21/h4-10,17H,3,11H2,1-2H3. The summed E-state index contributed by atoms with van der Waals surface area (Å²) in [5, 5.41) is 7.26. The quantitative estimate of drug-likeness (QED) is 0.618. The summed E-state index contributed by atoms with van der Waals surface area (Å²) in [6.45, 7) is 1.81. The molecule has 0 fully saturated rings. The summed E-state index contributed by atoms with van der Waals surface area (Å²) < 4.78 is 10.8. The van der Waals surface area contributed by atoms with E-state index in [0.29, 0.717) is 29.5 Å². The molecule has 0 saturated heterocycles. The molecule has 4 rings (SSSR count). The molecule has 27 heavy (non-hydrogen) atoms. The number of carbonyl (C=O) groups is 1. The summed E-state index contributed by atoms with van der Waals surface area (Å²) in [6, 6.07) is 10.9. The molecule has 0 bridgehead atoms. The molecule has 138 valence electrons. The Morgan fingerprint density at radius 2 is 2.22 bits per heavy atom. The van der Waals surface area contributed by atoms with Crippen LogP contribution in [0.3, 0.4) is 0 Å². The average Bonchev–Trinajstić information content (AvgIpc) is 3.36. The van der Waals surface area contributed by atoms with Crippen LogP contribution in [0.2, 0.25) is 5.15 Å². The first-order valence-electron chi connectivity index (χ1n) is 8.68. The van der Waals surface area contributed by atoms with Crippen molar-refractivity contribution in [3.05, 3.63) is 59.1 Å². The number of carbonyl (C=O) groups excluding carboxylic acids is 1. The van der Waals surface area contributed by atoms with Crippen molar-refractivity contribution in [2.45, 2.75) is 25.8 Å². The van der Waals surface area contributed by atoms with Crippen LogP contribution in [0.1, 0.15) is 37.1 Å². The number of hydrogen-bond donors (Lipinski definition) is 0. The Balaban J connectivity index is 1.78. The zero-order chi connectivity index (χ0) is 19.0. The van der Waals surface area contributed by atoms with Gasteiger partial charge in [-0.25, -0.2) is 9.99 Å². The van der Waals surface area contributed by atoms with Gasteiger partial charge in [-0.05, 0) is 36.4 Å². The Morgan fingerprint density at radius 3 is 2.93 bits per heavy atom. The minimum absolute atomic E-state index is 0.0802. The van der Waals surface area contributed by atoms with Crippen molar-refractivity contribution in [3.8, 4) is 5.75 Å². The van der Waals surface area contributed by atoms with Gasteiger partial charge in [0.25, 0.3) is 0 Å². The Kier molecular flexibility index (Phi) is 4.58. The topological polar surface area (TPSA) is 67.9 Å². The van der Waals surface area contributed by atoms with Crippen molar-refractivity contribution in [1.82, 2.24) is 9.99 Å². The highest BCUT2D eigenvalue weighted by molar-refractivity contribution is 6.30. The van der Waals surface area contributed by atoms with Gasteiger partial charge in [-0.15, -0.1) is 0 Å². The predicted octanol–water partition coefficient (Wildman–Crippen LogP) is 4.58. The third kappa shape index (κ3) is 3.17. The number of hydrazone groups is 1. The van der Waals surface area contributed by atoms with E-state index < -0.39 is 0 Å². The number of hydrogen-bond acceptors (Lipinski definition) is 5. The molecule has 0 aliphatic carbocycles. The smallest absolute Gasteiger partial charge is 0.242 e. The molecule has 2 aromatic heterocycles. The van der Waals surface area contributed by atoms with Crippen LogP contribution in [0.5, 0.6) is 5.75 Å². The summed E-state index contributed by atoms with van der Waals surface area (Å²) in [5.74, 6) is 1.30. The van der Waals surface area contributed by atoms with Gasteiger partial charge in [0.05, 0.1) is 24.9 Å². The minimum atomic E-state index is -0.326. The van der Waals surface area contributed by atoms with E-state index in [4.69, 9.17) is 20.8 Å². The number of fused-ring (bicyclic) bond motifs is 1. The van der Waals surface area contributed by atoms with E-state index in [-0.39, 0.29) is 11.9 Å². The molecule has 3 heterocycles. The van der Waals surface area contributed by atoms with Crippen molar-refractivity contribution in [2.24, 2.45) is 5.10 Å². The van der Waals surface area contributed by atoms with Crippen LogP contribution in [0.15, 0.2) is 52.2 Å². The number of ether oxygens (including phenoxy) is 1. The Labute approximate surface area is 161 Å². The maximum Gasteiger partial charge on any atom is 0.242 e. The summed E-state index contributed by atoms with van der Waals surface area (Å²) in [4.78, 5) is 17.0. The Morgan fingerprint density at radius 1 is 1.37 bits per heavy atom. The molecule has 1 aromatic carbocycles. The van der Waals surface area contributed by atoms with Gasteiger partial charge in [0, 0.05) is 23.8 Å². The van der Waals surface area contributed by atoms with Crippen LogP contribution in [0.4, 0.5) is 0 Å². The molecule has 1 atom stereocenters. The molecule has 1 amide bonds. The molecule has 0 spiro atoms. The molecule has 1 unspecified atom stereocenters. The number of rotatable bonds is 4. The third-order valence-corrected chi connectivity index (χ3v) is 4.94. The van der Waals surface area contributed by atoms with Gasteiger partial charge in [0.15, 0.2) is 0 Å². The van der Waals surface area contributed by atoms with Crippen LogP contribution in [-0.4, -0.2) is 28.7 Å². The van der Waals surface area contributed by atoms with Crippen LogP contribution in [0, 0.1) is 0 Å². The van der Waals surface area contributed by atoms with E-state index in [0.717, 1.165) is 22.2 Å². The number of aromatic nitrogens is 1. The molecule has 0 N–H and O–H groups in total. The van der Waals surface area contributed by atoms with Gasteiger partial charge in [-0.1, -0.05) is 18.5 Å². The SMILES string of the molecule is CCC(=O)N1N=C(c2ccco2)CC1c1cc2cc(OC)ccc2nc1Cl. The Hall–Kier alpha value is -2.86. The number of halogens is 1. The molecule has 0 saturated carbocycles. The van der Waals surface area contributed by atoms with Crippen molar-refractivity contribution >= 4 is 34.1 Å². The third-order valence-electron chi connectivity index (χ3n) is 4.64. The highest BCUT2D eigenvalue weighted by Crippen LogP contribution is 2.38. The van der Waals surface area contributed by atoms with Crippen molar-refractivity contribution < 1.29 is 13.9 Å². The molecule has 1 aliphatic rings. The molecule has 1 aliphatic heterocycles. The largest absolute Gasteiger partial charge is 0.497 e. The van der Waals surface area contributed by atoms with Gasteiger partial charge in [0.2, 0.25) is 5.91 Å². The van der Waals surface area contributed by atoms with Crippen molar-refractivity contribution in [3.63, 3.8) is 0 Å². The van der Waals surface area contributed by atoms with E-state index in [2.05, 4.69) is 10.1 Å².